The average molecular weight is 416 g/mol. The topological polar surface area (TPSA) is 84.0 Å². The Kier molecular flexibility index (Phi) is 9.44. The van der Waals surface area contributed by atoms with E-state index < -0.39 is 0 Å². The molecule has 162 valence electrons. The first kappa shape index (κ1) is 23.0. The molecule has 0 radical (unpaired) electrons. The van der Waals surface area contributed by atoms with Gasteiger partial charge in [0.2, 0.25) is 5.91 Å². The second-order valence-electron chi connectivity index (χ2n) is 6.52. The van der Waals surface area contributed by atoms with Crippen molar-refractivity contribution in [3.8, 4) is 11.5 Å². The number of methoxy groups -OCH3 is 2. The fraction of sp³-hybridized carbons (Fsp3) is 0.364. The molecule has 1 amide bonds. The first-order chi connectivity index (χ1) is 14.5. The molecule has 0 aliphatic rings. The van der Waals surface area contributed by atoms with E-state index in [1.165, 1.54) is 12.1 Å². The number of nitrogens with one attached hydrogen (secondary N) is 3. The van der Waals surface area contributed by atoms with Gasteiger partial charge < -0.3 is 25.4 Å². The van der Waals surface area contributed by atoms with E-state index in [-0.39, 0.29) is 18.1 Å². The third-order valence-corrected chi connectivity index (χ3v) is 4.37. The molecule has 0 spiro atoms. The van der Waals surface area contributed by atoms with Crippen LogP contribution in [0.4, 0.5) is 4.39 Å². The number of aliphatic imine (C=N–C) groups is 1. The summed E-state index contributed by atoms with van der Waals surface area (Å²) in [5, 5.41) is 9.18. The van der Waals surface area contributed by atoms with Crippen molar-refractivity contribution in [1.82, 2.24) is 16.0 Å². The SMILES string of the molecule is CN=C(NCCNC(=O)Cc1cccc(F)c1)NCCc1ccc(OC)c(OC)c1. The Morgan fingerprint density at radius 2 is 1.67 bits per heavy atom. The molecular weight excluding hydrogens is 387 g/mol. The maximum atomic E-state index is 13.2. The highest BCUT2D eigenvalue weighted by molar-refractivity contribution is 5.80. The number of ether oxygens (including phenoxy) is 2. The van der Waals surface area contributed by atoms with Gasteiger partial charge in [0.15, 0.2) is 17.5 Å². The number of amides is 1. The van der Waals surface area contributed by atoms with Crippen molar-refractivity contribution in [3.05, 3.63) is 59.4 Å². The van der Waals surface area contributed by atoms with E-state index in [1.807, 2.05) is 18.2 Å². The van der Waals surface area contributed by atoms with Crippen molar-refractivity contribution in [1.29, 1.82) is 0 Å². The Balaban J connectivity index is 1.67. The fourth-order valence-corrected chi connectivity index (χ4v) is 2.86. The van der Waals surface area contributed by atoms with Crippen molar-refractivity contribution >= 4 is 11.9 Å². The summed E-state index contributed by atoms with van der Waals surface area (Å²) in [5.74, 6) is 1.55. The lowest BCUT2D eigenvalue weighted by Crippen LogP contribution is -2.42. The molecule has 30 heavy (non-hydrogen) atoms. The number of carbonyl (C=O) groups excluding carboxylic acids is 1. The molecule has 0 atom stereocenters. The van der Waals surface area contributed by atoms with Crippen LogP contribution in [0.15, 0.2) is 47.5 Å². The molecule has 0 aliphatic heterocycles. The Morgan fingerprint density at radius 3 is 2.37 bits per heavy atom. The smallest absolute Gasteiger partial charge is 0.224 e. The molecule has 0 aliphatic carbocycles. The minimum Gasteiger partial charge on any atom is -0.493 e. The quantitative estimate of drug-likeness (QED) is 0.313. The van der Waals surface area contributed by atoms with Gasteiger partial charge in [-0.15, -0.1) is 0 Å². The number of hydrogen-bond donors (Lipinski definition) is 3. The van der Waals surface area contributed by atoms with Crippen LogP contribution < -0.4 is 25.4 Å². The van der Waals surface area contributed by atoms with Gasteiger partial charge in [-0.1, -0.05) is 18.2 Å². The monoisotopic (exact) mass is 416 g/mol. The molecule has 2 aromatic rings. The average Bonchev–Trinajstić information content (AvgIpc) is 2.75. The number of hydrogen-bond acceptors (Lipinski definition) is 4. The van der Waals surface area contributed by atoms with E-state index in [2.05, 4.69) is 20.9 Å². The van der Waals surface area contributed by atoms with E-state index in [9.17, 15) is 9.18 Å². The Hall–Kier alpha value is -3.29. The summed E-state index contributed by atoms with van der Waals surface area (Å²) in [6.07, 6.45) is 0.932. The van der Waals surface area contributed by atoms with Gasteiger partial charge in [0.25, 0.3) is 0 Å². The fourth-order valence-electron chi connectivity index (χ4n) is 2.86. The van der Waals surface area contributed by atoms with Crippen molar-refractivity contribution in [3.63, 3.8) is 0 Å². The van der Waals surface area contributed by atoms with Gasteiger partial charge in [0.05, 0.1) is 20.6 Å². The Morgan fingerprint density at radius 1 is 0.933 bits per heavy atom. The third-order valence-electron chi connectivity index (χ3n) is 4.37. The van der Waals surface area contributed by atoms with Gasteiger partial charge in [-0.2, -0.15) is 0 Å². The first-order valence-corrected chi connectivity index (χ1v) is 9.72. The molecule has 3 N–H and O–H groups in total. The molecule has 0 aromatic heterocycles. The van der Waals surface area contributed by atoms with Gasteiger partial charge in [-0.25, -0.2) is 4.39 Å². The molecule has 0 heterocycles. The number of benzene rings is 2. The Labute approximate surface area is 176 Å². The normalized spacial score (nSPS) is 11.0. The van der Waals surface area contributed by atoms with Crippen LogP contribution in [0.1, 0.15) is 11.1 Å². The molecule has 8 heteroatoms. The summed E-state index contributed by atoms with van der Waals surface area (Å²) in [6.45, 7) is 1.64. The molecule has 2 rings (SSSR count). The molecule has 0 saturated carbocycles. The summed E-state index contributed by atoms with van der Waals surface area (Å²) in [6, 6.07) is 11.9. The van der Waals surface area contributed by atoms with E-state index >= 15 is 0 Å². The number of nitrogens with zero attached hydrogens (tertiary/aromatic N) is 1. The van der Waals surface area contributed by atoms with Crippen LogP contribution in [-0.2, 0) is 17.6 Å². The number of halogens is 1. The number of rotatable bonds is 10. The van der Waals surface area contributed by atoms with E-state index in [1.54, 1.807) is 33.4 Å². The lowest BCUT2D eigenvalue weighted by molar-refractivity contribution is -0.120. The zero-order valence-corrected chi connectivity index (χ0v) is 17.6. The summed E-state index contributed by atoms with van der Waals surface area (Å²) in [4.78, 5) is 16.1. The van der Waals surface area contributed by atoms with Crippen LogP contribution in [0.3, 0.4) is 0 Å². The highest BCUT2D eigenvalue weighted by Crippen LogP contribution is 2.27. The first-order valence-electron chi connectivity index (χ1n) is 9.72. The highest BCUT2D eigenvalue weighted by Gasteiger charge is 2.06. The molecule has 2 aromatic carbocycles. The van der Waals surface area contributed by atoms with Crippen LogP contribution in [0.25, 0.3) is 0 Å². The highest BCUT2D eigenvalue weighted by atomic mass is 19.1. The maximum Gasteiger partial charge on any atom is 0.224 e. The summed E-state index contributed by atoms with van der Waals surface area (Å²) >= 11 is 0. The standard InChI is InChI=1S/C22H29FN4O3/c1-24-22(26-10-9-16-7-8-19(29-2)20(14-16)30-3)27-12-11-25-21(28)15-17-5-4-6-18(23)13-17/h4-8,13-14H,9-12,15H2,1-3H3,(H,25,28)(H2,24,26,27). The predicted octanol–water partition coefficient (Wildman–Crippen LogP) is 1.91. The second kappa shape index (κ2) is 12.3. The van der Waals surface area contributed by atoms with Crippen LogP contribution in [0.2, 0.25) is 0 Å². The zero-order chi connectivity index (χ0) is 21.8. The minimum absolute atomic E-state index is 0.149. The zero-order valence-electron chi connectivity index (χ0n) is 17.6. The molecular formula is C22H29FN4O3. The molecule has 0 fully saturated rings. The summed E-state index contributed by atoms with van der Waals surface area (Å²) in [7, 11) is 4.91. The van der Waals surface area contributed by atoms with Crippen molar-refractivity contribution in [2.24, 2.45) is 4.99 Å². The molecule has 0 saturated heterocycles. The van der Waals surface area contributed by atoms with Crippen LogP contribution in [0.5, 0.6) is 11.5 Å². The van der Waals surface area contributed by atoms with Crippen LogP contribution in [0, 0.1) is 5.82 Å². The van der Waals surface area contributed by atoms with E-state index in [4.69, 9.17) is 9.47 Å². The lowest BCUT2D eigenvalue weighted by Gasteiger charge is -2.13. The van der Waals surface area contributed by atoms with Gasteiger partial charge >= 0.3 is 0 Å². The summed E-state index contributed by atoms with van der Waals surface area (Å²) in [5.41, 5.74) is 1.76. The van der Waals surface area contributed by atoms with Crippen LogP contribution >= 0.6 is 0 Å². The number of guanidine groups is 1. The maximum absolute atomic E-state index is 13.2. The third kappa shape index (κ3) is 7.62. The second-order valence-corrected chi connectivity index (χ2v) is 6.52. The number of carbonyl (C=O) groups is 1. The Bertz CT molecular complexity index is 858. The largest absolute Gasteiger partial charge is 0.493 e. The molecule has 0 bridgehead atoms. The van der Waals surface area contributed by atoms with Gasteiger partial charge in [-0.3, -0.25) is 9.79 Å². The minimum atomic E-state index is -0.343. The van der Waals surface area contributed by atoms with Gasteiger partial charge in [0, 0.05) is 26.7 Å². The predicted molar refractivity (Wildman–Crippen MR) is 116 cm³/mol. The summed E-state index contributed by atoms with van der Waals surface area (Å²) < 4.78 is 23.7. The lowest BCUT2D eigenvalue weighted by atomic mass is 10.1. The van der Waals surface area contributed by atoms with Gasteiger partial charge in [0.1, 0.15) is 5.82 Å². The van der Waals surface area contributed by atoms with E-state index in [0.29, 0.717) is 42.7 Å². The van der Waals surface area contributed by atoms with E-state index in [0.717, 1.165) is 12.0 Å². The van der Waals surface area contributed by atoms with Crippen LogP contribution in [-0.4, -0.2) is 52.8 Å². The van der Waals surface area contributed by atoms with Crippen molar-refractivity contribution < 1.29 is 18.7 Å². The van der Waals surface area contributed by atoms with Gasteiger partial charge in [-0.05, 0) is 41.8 Å². The molecule has 0 unspecified atom stereocenters. The molecule has 7 nitrogen and oxygen atoms in total. The van der Waals surface area contributed by atoms with Crippen molar-refractivity contribution in [2.45, 2.75) is 12.8 Å². The van der Waals surface area contributed by atoms with Crippen molar-refractivity contribution in [2.75, 3.05) is 40.9 Å².